The Kier molecular flexibility index (Phi) is 5.58. The fourth-order valence-corrected chi connectivity index (χ4v) is 1.23. The second-order valence-corrected chi connectivity index (χ2v) is 3.47. The van der Waals surface area contributed by atoms with Gasteiger partial charge < -0.3 is 20.8 Å². The topological polar surface area (TPSA) is 129 Å². The van der Waals surface area contributed by atoms with Gasteiger partial charge in [-0.05, 0) is 0 Å². The minimum Gasteiger partial charge on any atom is -0.480 e. The van der Waals surface area contributed by atoms with E-state index < -0.39 is 18.0 Å². The van der Waals surface area contributed by atoms with Crippen molar-refractivity contribution >= 4 is 12.0 Å². The van der Waals surface area contributed by atoms with Gasteiger partial charge in [0.1, 0.15) is 6.04 Å². The monoisotopic (exact) mass is 257 g/mol. The number of carbonyl (C=O) groups excluding carboxylic acids is 1. The number of rotatable bonds is 7. The average molecular weight is 257 g/mol. The standard InChI is InChI=1S/C9H15N5O4/c15-6-1-7(8(16)17)12-9(18)10-2-4-14-5-3-11-13-14/h3,5,7,15H,1-2,4,6H2,(H,16,17)(H2,10,12,18)/t7-/m0/s1. The van der Waals surface area contributed by atoms with E-state index in [1.54, 1.807) is 6.20 Å². The van der Waals surface area contributed by atoms with Gasteiger partial charge in [0.25, 0.3) is 0 Å². The van der Waals surface area contributed by atoms with E-state index in [0.717, 1.165) is 0 Å². The number of aliphatic hydroxyl groups is 1. The molecule has 0 radical (unpaired) electrons. The van der Waals surface area contributed by atoms with Crippen LogP contribution in [-0.2, 0) is 11.3 Å². The van der Waals surface area contributed by atoms with Crippen molar-refractivity contribution in [3.63, 3.8) is 0 Å². The number of aromatic nitrogens is 3. The van der Waals surface area contributed by atoms with Crippen molar-refractivity contribution in [2.75, 3.05) is 13.2 Å². The van der Waals surface area contributed by atoms with Gasteiger partial charge in [0.15, 0.2) is 0 Å². The Morgan fingerprint density at radius 3 is 2.78 bits per heavy atom. The van der Waals surface area contributed by atoms with E-state index in [4.69, 9.17) is 10.2 Å². The Morgan fingerprint density at radius 1 is 1.44 bits per heavy atom. The summed E-state index contributed by atoms with van der Waals surface area (Å²) in [5.74, 6) is -1.18. The van der Waals surface area contributed by atoms with Gasteiger partial charge in [0.05, 0.1) is 12.7 Å². The number of carboxylic acid groups (broad SMARTS) is 1. The maximum Gasteiger partial charge on any atom is 0.326 e. The van der Waals surface area contributed by atoms with Gasteiger partial charge in [0, 0.05) is 25.8 Å². The normalized spacial score (nSPS) is 11.8. The maximum atomic E-state index is 11.3. The summed E-state index contributed by atoms with van der Waals surface area (Å²) in [6.07, 6.45) is 3.12. The van der Waals surface area contributed by atoms with Gasteiger partial charge in [-0.25, -0.2) is 9.59 Å². The van der Waals surface area contributed by atoms with Crippen LogP contribution in [0.3, 0.4) is 0 Å². The molecule has 1 aromatic heterocycles. The van der Waals surface area contributed by atoms with E-state index in [-0.39, 0.29) is 13.0 Å². The van der Waals surface area contributed by atoms with Crippen molar-refractivity contribution in [1.82, 2.24) is 25.6 Å². The molecule has 1 rings (SSSR count). The molecule has 2 amide bonds. The second kappa shape index (κ2) is 7.22. The number of carboxylic acids is 1. The molecule has 1 atom stereocenters. The first-order valence-corrected chi connectivity index (χ1v) is 5.35. The van der Waals surface area contributed by atoms with Crippen LogP contribution in [0.2, 0.25) is 0 Å². The largest absolute Gasteiger partial charge is 0.480 e. The molecule has 100 valence electrons. The highest BCUT2D eigenvalue weighted by Crippen LogP contribution is 1.91. The van der Waals surface area contributed by atoms with E-state index >= 15 is 0 Å². The van der Waals surface area contributed by atoms with Crippen molar-refractivity contribution in [2.24, 2.45) is 0 Å². The molecule has 0 spiro atoms. The number of aliphatic carboxylic acids is 1. The zero-order chi connectivity index (χ0) is 13.4. The molecule has 9 nitrogen and oxygen atoms in total. The summed E-state index contributed by atoms with van der Waals surface area (Å²) in [4.78, 5) is 22.1. The summed E-state index contributed by atoms with van der Waals surface area (Å²) < 4.78 is 1.53. The quantitative estimate of drug-likeness (QED) is 0.466. The number of aliphatic hydroxyl groups excluding tert-OH is 1. The Labute approximate surface area is 103 Å². The molecule has 0 saturated carbocycles. The third-order valence-corrected chi connectivity index (χ3v) is 2.12. The summed E-state index contributed by atoms with van der Waals surface area (Å²) in [6, 6.07) is -1.70. The van der Waals surface area contributed by atoms with Gasteiger partial charge in [-0.3, -0.25) is 4.68 Å². The van der Waals surface area contributed by atoms with Gasteiger partial charge >= 0.3 is 12.0 Å². The van der Waals surface area contributed by atoms with Crippen molar-refractivity contribution in [1.29, 1.82) is 0 Å². The molecule has 4 N–H and O–H groups in total. The molecule has 1 aromatic rings. The number of amides is 2. The van der Waals surface area contributed by atoms with E-state index in [0.29, 0.717) is 13.1 Å². The van der Waals surface area contributed by atoms with E-state index in [2.05, 4.69) is 20.9 Å². The van der Waals surface area contributed by atoms with Crippen LogP contribution in [0.4, 0.5) is 4.79 Å². The third kappa shape index (κ3) is 4.78. The minimum atomic E-state index is -1.18. The van der Waals surface area contributed by atoms with Crippen LogP contribution >= 0.6 is 0 Å². The van der Waals surface area contributed by atoms with Crippen molar-refractivity contribution in [3.8, 4) is 0 Å². The van der Waals surface area contributed by atoms with Gasteiger partial charge in [0.2, 0.25) is 0 Å². The van der Waals surface area contributed by atoms with Crippen LogP contribution in [0.15, 0.2) is 12.4 Å². The Morgan fingerprint density at radius 2 is 2.22 bits per heavy atom. The molecule has 1 heterocycles. The molecule has 0 fully saturated rings. The Bertz CT molecular complexity index is 380. The second-order valence-electron chi connectivity index (χ2n) is 3.47. The first-order chi connectivity index (χ1) is 8.63. The summed E-state index contributed by atoms with van der Waals surface area (Å²) in [5, 5.41) is 29.4. The van der Waals surface area contributed by atoms with Crippen LogP contribution in [0.1, 0.15) is 6.42 Å². The summed E-state index contributed by atoms with van der Waals surface area (Å²) in [5.41, 5.74) is 0. The molecule has 0 saturated heterocycles. The highest BCUT2D eigenvalue weighted by molar-refractivity contribution is 5.82. The number of hydrogen-bond acceptors (Lipinski definition) is 5. The van der Waals surface area contributed by atoms with Crippen LogP contribution in [0.25, 0.3) is 0 Å². The molecule has 18 heavy (non-hydrogen) atoms. The predicted molar refractivity (Wildman–Crippen MR) is 59.7 cm³/mol. The zero-order valence-corrected chi connectivity index (χ0v) is 9.61. The lowest BCUT2D eigenvalue weighted by molar-refractivity contribution is -0.139. The molecular weight excluding hydrogens is 242 g/mol. The number of nitrogens with zero attached hydrogens (tertiary/aromatic N) is 3. The van der Waals surface area contributed by atoms with Crippen molar-refractivity contribution in [3.05, 3.63) is 12.4 Å². The van der Waals surface area contributed by atoms with E-state index in [9.17, 15) is 9.59 Å². The van der Waals surface area contributed by atoms with E-state index in [1.165, 1.54) is 10.9 Å². The SMILES string of the molecule is O=C(NCCn1ccnn1)N[C@@H](CCO)C(=O)O. The average Bonchev–Trinajstić information content (AvgIpc) is 2.81. The molecule has 0 bridgehead atoms. The molecule has 0 aliphatic carbocycles. The van der Waals surface area contributed by atoms with E-state index in [1.807, 2.05) is 0 Å². The van der Waals surface area contributed by atoms with Crippen LogP contribution < -0.4 is 10.6 Å². The van der Waals surface area contributed by atoms with Gasteiger partial charge in [-0.2, -0.15) is 0 Å². The Balaban J connectivity index is 2.25. The number of nitrogens with one attached hydrogen (secondary N) is 2. The maximum absolute atomic E-state index is 11.3. The zero-order valence-electron chi connectivity index (χ0n) is 9.61. The summed E-state index contributed by atoms with van der Waals surface area (Å²) in [7, 11) is 0. The highest BCUT2D eigenvalue weighted by Gasteiger charge is 2.18. The van der Waals surface area contributed by atoms with Crippen molar-refractivity contribution < 1.29 is 19.8 Å². The van der Waals surface area contributed by atoms with Gasteiger partial charge in [-0.15, -0.1) is 5.10 Å². The first kappa shape index (κ1) is 13.9. The summed E-state index contributed by atoms with van der Waals surface area (Å²) >= 11 is 0. The lowest BCUT2D eigenvalue weighted by Gasteiger charge is -2.13. The lowest BCUT2D eigenvalue weighted by Crippen LogP contribution is -2.47. The predicted octanol–water partition coefficient (Wildman–Crippen LogP) is -1.59. The highest BCUT2D eigenvalue weighted by atomic mass is 16.4. The molecule has 9 heteroatoms. The summed E-state index contributed by atoms with van der Waals surface area (Å²) in [6.45, 7) is 0.419. The Hall–Kier alpha value is -2.16. The van der Waals surface area contributed by atoms with Crippen LogP contribution in [0.5, 0.6) is 0 Å². The van der Waals surface area contributed by atoms with Crippen molar-refractivity contribution in [2.45, 2.75) is 19.0 Å². The van der Waals surface area contributed by atoms with Crippen LogP contribution in [-0.4, -0.2) is 56.4 Å². The molecule has 0 aromatic carbocycles. The number of hydrogen-bond donors (Lipinski definition) is 4. The fraction of sp³-hybridized carbons (Fsp3) is 0.556. The smallest absolute Gasteiger partial charge is 0.326 e. The molecule has 0 aliphatic rings. The number of carbonyl (C=O) groups is 2. The number of urea groups is 1. The lowest BCUT2D eigenvalue weighted by atomic mass is 10.2. The molecular formula is C9H15N5O4. The van der Waals surface area contributed by atoms with Crippen LogP contribution in [0, 0.1) is 0 Å². The molecule has 0 unspecified atom stereocenters. The minimum absolute atomic E-state index is 0.0359. The first-order valence-electron chi connectivity index (χ1n) is 5.35. The van der Waals surface area contributed by atoms with Gasteiger partial charge in [-0.1, -0.05) is 5.21 Å². The molecule has 0 aliphatic heterocycles. The third-order valence-electron chi connectivity index (χ3n) is 2.12. The fourth-order valence-electron chi connectivity index (χ4n) is 1.23.